The summed E-state index contributed by atoms with van der Waals surface area (Å²) in [6.07, 6.45) is 11.9. The van der Waals surface area contributed by atoms with Gasteiger partial charge in [-0.2, -0.15) is 0 Å². The van der Waals surface area contributed by atoms with Gasteiger partial charge in [0.2, 0.25) is 0 Å². The first-order valence-electron chi connectivity index (χ1n) is 5.78. The highest BCUT2D eigenvalue weighted by molar-refractivity contribution is 5.55. The number of likely N-dealkylation sites (N-methyl/N-ethyl adjacent to an activating group) is 1. The van der Waals surface area contributed by atoms with Gasteiger partial charge in [-0.3, -0.25) is 0 Å². The summed E-state index contributed by atoms with van der Waals surface area (Å²) in [7, 11) is 0. The molecule has 1 aromatic rings. The fraction of sp³-hybridized carbons (Fsp3) is 0.200. The van der Waals surface area contributed by atoms with E-state index in [1.165, 1.54) is 11.4 Å². The lowest BCUT2D eigenvalue weighted by molar-refractivity contribution is 0.978. The molecule has 82 valence electrons. The molecule has 0 saturated heterocycles. The van der Waals surface area contributed by atoms with Crippen molar-refractivity contribution >= 4 is 5.69 Å². The normalized spacial score (nSPS) is 14.4. The van der Waals surface area contributed by atoms with E-state index in [0.29, 0.717) is 0 Å². The molecule has 16 heavy (non-hydrogen) atoms. The van der Waals surface area contributed by atoms with Crippen LogP contribution in [0.1, 0.15) is 13.3 Å². The maximum atomic E-state index is 2.31. The molecule has 1 aliphatic carbocycles. The molecule has 0 unspecified atom stereocenters. The second-order valence-corrected chi connectivity index (χ2v) is 3.74. The van der Waals surface area contributed by atoms with Crippen molar-refractivity contribution < 1.29 is 0 Å². The number of rotatable bonds is 3. The van der Waals surface area contributed by atoms with E-state index in [2.05, 4.69) is 72.5 Å². The van der Waals surface area contributed by atoms with Crippen LogP contribution in [0.3, 0.4) is 0 Å². The molecule has 0 heterocycles. The highest BCUT2D eigenvalue weighted by Crippen LogP contribution is 2.20. The van der Waals surface area contributed by atoms with Crippen LogP contribution in [-0.4, -0.2) is 6.54 Å². The topological polar surface area (TPSA) is 3.24 Å². The fourth-order valence-electron chi connectivity index (χ4n) is 1.87. The van der Waals surface area contributed by atoms with Crippen molar-refractivity contribution in [1.82, 2.24) is 0 Å². The molecular weight excluding hydrogens is 194 g/mol. The fourth-order valence-corrected chi connectivity index (χ4v) is 1.87. The summed E-state index contributed by atoms with van der Waals surface area (Å²) >= 11 is 0. The van der Waals surface area contributed by atoms with E-state index in [4.69, 9.17) is 0 Å². The molecule has 0 fully saturated rings. The largest absolute Gasteiger partial charge is 0.342 e. The van der Waals surface area contributed by atoms with Crippen molar-refractivity contribution in [2.24, 2.45) is 0 Å². The van der Waals surface area contributed by atoms with E-state index in [9.17, 15) is 0 Å². The first kappa shape index (κ1) is 10.7. The molecule has 1 nitrogen and oxygen atoms in total. The Labute approximate surface area is 97.4 Å². The van der Waals surface area contributed by atoms with Crippen LogP contribution in [0.5, 0.6) is 0 Å². The quantitative estimate of drug-likeness (QED) is 0.732. The number of hydrogen-bond donors (Lipinski definition) is 0. The summed E-state index contributed by atoms with van der Waals surface area (Å²) < 4.78 is 0. The van der Waals surface area contributed by atoms with Crippen LogP contribution in [0.15, 0.2) is 66.4 Å². The third kappa shape index (κ3) is 2.43. The lowest BCUT2D eigenvalue weighted by Crippen LogP contribution is -2.20. The molecule has 0 saturated carbocycles. The highest BCUT2D eigenvalue weighted by Gasteiger charge is 2.06. The molecule has 1 aromatic carbocycles. The Kier molecular flexibility index (Phi) is 3.60. The minimum Gasteiger partial charge on any atom is -0.342 e. The Bertz CT molecular complexity index is 412. The molecule has 0 N–H and O–H groups in total. The van der Waals surface area contributed by atoms with Gasteiger partial charge in [0.15, 0.2) is 0 Å². The van der Waals surface area contributed by atoms with Gasteiger partial charge in [0, 0.05) is 17.9 Å². The van der Waals surface area contributed by atoms with E-state index < -0.39 is 0 Å². The molecule has 0 aromatic heterocycles. The van der Waals surface area contributed by atoms with Crippen LogP contribution >= 0.6 is 0 Å². The van der Waals surface area contributed by atoms with E-state index in [1.54, 1.807) is 0 Å². The van der Waals surface area contributed by atoms with Crippen molar-refractivity contribution in [3.05, 3.63) is 66.4 Å². The Morgan fingerprint density at radius 3 is 2.69 bits per heavy atom. The number of para-hydroxylation sites is 1. The lowest BCUT2D eigenvalue weighted by atomic mass is 10.2. The number of anilines is 1. The van der Waals surface area contributed by atoms with Gasteiger partial charge in [-0.25, -0.2) is 0 Å². The van der Waals surface area contributed by atoms with Crippen molar-refractivity contribution in [2.45, 2.75) is 13.3 Å². The summed E-state index contributed by atoms with van der Waals surface area (Å²) in [5.41, 5.74) is 2.50. The molecule has 1 heteroatoms. The van der Waals surface area contributed by atoms with Gasteiger partial charge in [0.1, 0.15) is 0 Å². The number of nitrogens with zero attached hydrogens (tertiary/aromatic N) is 1. The minimum atomic E-state index is 0.980. The molecular formula is C15H17N. The van der Waals surface area contributed by atoms with Gasteiger partial charge in [-0.05, 0) is 37.6 Å². The van der Waals surface area contributed by atoms with Crippen LogP contribution in [0.2, 0.25) is 0 Å². The zero-order valence-electron chi connectivity index (χ0n) is 9.63. The number of hydrogen-bond acceptors (Lipinski definition) is 1. The van der Waals surface area contributed by atoms with E-state index in [1.807, 2.05) is 0 Å². The minimum absolute atomic E-state index is 0.980. The van der Waals surface area contributed by atoms with Gasteiger partial charge in [-0.1, -0.05) is 36.4 Å². The van der Waals surface area contributed by atoms with Crippen molar-refractivity contribution in [3.63, 3.8) is 0 Å². The summed E-state index contributed by atoms with van der Waals surface area (Å²) in [6.45, 7) is 3.16. The van der Waals surface area contributed by atoms with Gasteiger partial charge in [0.25, 0.3) is 0 Å². The first-order chi connectivity index (χ1) is 7.92. The monoisotopic (exact) mass is 211 g/mol. The second-order valence-electron chi connectivity index (χ2n) is 3.74. The van der Waals surface area contributed by atoms with Crippen molar-refractivity contribution in [1.29, 1.82) is 0 Å². The van der Waals surface area contributed by atoms with Gasteiger partial charge in [-0.15, -0.1) is 0 Å². The maximum absolute atomic E-state index is 2.31. The van der Waals surface area contributed by atoms with E-state index in [0.717, 1.165) is 13.0 Å². The molecule has 2 rings (SSSR count). The Hall–Kier alpha value is -1.76. The summed E-state index contributed by atoms with van der Waals surface area (Å²) in [5, 5.41) is 0. The third-order valence-electron chi connectivity index (χ3n) is 2.66. The average Bonchev–Trinajstić information content (AvgIpc) is 2.61. The van der Waals surface area contributed by atoms with Crippen LogP contribution in [0, 0.1) is 0 Å². The van der Waals surface area contributed by atoms with Crippen LogP contribution in [0.25, 0.3) is 0 Å². The lowest BCUT2D eigenvalue weighted by Gasteiger charge is -2.24. The molecule has 0 atom stereocenters. The molecule has 0 bridgehead atoms. The van der Waals surface area contributed by atoms with Crippen molar-refractivity contribution in [2.75, 3.05) is 11.4 Å². The number of allylic oxidation sites excluding steroid dienone is 5. The smallest absolute Gasteiger partial charge is 0.0410 e. The predicted molar refractivity (Wildman–Crippen MR) is 70.4 cm³/mol. The Morgan fingerprint density at radius 1 is 1.12 bits per heavy atom. The molecule has 0 spiro atoms. The standard InChI is InChI=1S/C15H17N/c1-2-16(15-12-8-5-9-13-15)14-10-6-3-4-7-11-14/h3,5-13H,2,4H2,1H3. The molecule has 0 aliphatic heterocycles. The third-order valence-corrected chi connectivity index (χ3v) is 2.66. The predicted octanol–water partition coefficient (Wildman–Crippen LogP) is 3.91. The number of benzene rings is 1. The molecule has 1 aliphatic rings. The van der Waals surface area contributed by atoms with Gasteiger partial charge < -0.3 is 4.90 Å². The van der Waals surface area contributed by atoms with E-state index in [-0.39, 0.29) is 0 Å². The Morgan fingerprint density at radius 2 is 1.94 bits per heavy atom. The van der Waals surface area contributed by atoms with Crippen LogP contribution in [-0.2, 0) is 0 Å². The maximum Gasteiger partial charge on any atom is 0.0410 e. The summed E-state index contributed by atoms with van der Waals surface area (Å²) in [6, 6.07) is 10.5. The highest BCUT2D eigenvalue weighted by atomic mass is 15.1. The average molecular weight is 211 g/mol. The zero-order chi connectivity index (χ0) is 11.2. The van der Waals surface area contributed by atoms with E-state index >= 15 is 0 Å². The van der Waals surface area contributed by atoms with Crippen LogP contribution in [0.4, 0.5) is 5.69 Å². The SMILES string of the molecule is CCN(C1=CC=CCC=C1)c1ccccc1. The summed E-state index contributed by atoms with van der Waals surface area (Å²) in [4.78, 5) is 2.31. The first-order valence-corrected chi connectivity index (χ1v) is 5.78. The van der Waals surface area contributed by atoms with Crippen LogP contribution < -0.4 is 4.90 Å². The second kappa shape index (κ2) is 5.36. The van der Waals surface area contributed by atoms with Gasteiger partial charge in [0.05, 0.1) is 0 Å². The summed E-state index contributed by atoms with van der Waals surface area (Å²) in [5.74, 6) is 0. The zero-order valence-corrected chi connectivity index (χ0v) is 9.63. The van der Waals surface area contributed by atoms with Gasteiger partial charge >= 0.3 is 0 Å². The molecule has 0 amide bonds. The Balaban J connectivity index is 2.29. The van der Waals surface area contributed by atoms with Crippen molar-refractivity contribution in [3.8, 4) is 0 Å². The molecule has 0 radical (unpaired) electrons.